The van der Waals surface area contributed by atoms with E-state index in [1.54, 1.807) is 0 Å². The van der Waals surface area contributed by atoms with Crippen molar-refractivity contribution >= 4 is 6.09 Å². The molecule has 43 heavy (non-hydrogen) atoms. The largest absolute Gasteiger partial charge is 0.508 e. The minimum atomic E-state index is -0.896. The highest BCUT2D eigenvalue weighted by Crippen LogP contribution is 2.35. The Balaban J connectivity index is 1.60. The Morgan fingerprint density at radius 1 is 0.837 bits per heavy atom. The van der Waals surface area contributed by atoms with Crippen LogP contribution in [0.15, 0.2) is 72.8 Å². The van der Waals surface area contributed by atoms with E-state index in [0.29, 0.717) is 37.4 Å². The maximum absolute atomic E-state index is 11.6. The Kier molecular flexibility index (Phi) is 12.5. The van der Waals surface area contributed by atoms with Crippen molar-refractivity contribution in [1.82, 2.24) is 9.80 Å². The summed E-state index contributed by atoms with van der Waals surface area (Å²) in [4.78, 5) is 15.6. The Morgan fingerprint density at radius 2 is 1.47 bits per heavy atom. The first-order valence-corrected chi connectivity index (χ1v) is 15.7. The zero-order valence-electron chi connectivity index (χ0n) is 27.2. The third-order valence-electron chi connectivity index (χ3n) is 8.14. The zero-order chi connectivity index (χ0) is 31.6. The molecule has 234 valence electrons. The van der Waals surface area contributed by atoms with Crippen LogP contribution < -0.4 is 4.74 Å². The van der Waals surface area contributed by atoms with E-state index in [-0.39, 0.29) is 5.92 Å². The molecule has 6 nitrogen and oxygen atoms in total. The molecule has 3 rings (SSSR count). The van der Waals surface area contributed by atoms with Crippen molar-refractivity contribution in [2.45, 2.75) is 97.7 Å². The average molecular weight is 589 g/mol. The number of hydrogen-bond donors (Lipinski definition) is 2. The van der Waals surface area contributed by atoms with E-state index in [1.807, 2.05) is 63.2 Å². The molecular weight excluding hydrogens is 536 g/mol. The van der Waals surface area contributed by atoms with Crippen molar-refractivity contribution in [1.29, 1.82) is 0 Å². The van der Waals surface area contributed by atoms with E-state index in [0.717, 1.165) is 42.7 Å². The normalized spacial score (nSPS) is 12.6. The summed E-state index contributed by atoms with van der Waals surface area (Å²) in [6.07, 6.45) is 2.41. The summed E-state index contributed by atoms with van der Waals surface area (Å²) in [5.74, 6) is 1.27. The fourth-order valence-electron chi connectivity index (χ4n) is 5.79. The van der Waals surface area contributed by atoms with Crippen LogP contribution in [0, 0.1) is 0 Å². The van der Waals surface area contributed by atoms with Gasteiger partial charge in [-0.25, -0.2) is 4.79 Å². The summed E-state index contributed by atoms with van der Waals surface area (Å²) in [5.41, 5.74) is 4.05. The molecule has 0 saturated carbocycles. The van der Waals surface area contributed by atoms with Gasteiger partial charge < -0.3 is 19.8 Å². The van der Waals surface area contributed by atoms with Crippen molar-refractivity contribution in [2.24, 2.45) is 0 Å². The van der Waals surface area contributed by atoms with Crippen LogP contribution in [0.2, 0.25) is 0 Å². The third-order valence-corrected chi connectivity index (χ3v) is 8.14. The highest BCUT2D eigenvalue weighted by molar-refractivity contribution is 5.66. The third kappa shape index (κ3) is 10.3. The Morgan fingerprint density at radius 3 is 2.05 bits per heavy atom. The molecule has 0 aliphatic rings. The summed E-state index contributed by atoms with van der Waals surface area (Å²) in [5, 5.41) is 20.5. The molecule has 1 atom stereocenters. The molecule has 0 aliphatic heterocycles. The second kappa shape index (κ2) is 15.8. The Hall–Kier alpha value is -3.51. The number of aryl methyl sites for hydroxylation is 1. The lowest BCUT2D eigenvalue weighted by atomic mass is 9.86. The number of phenolic OH excluding ortho intramolecular Hbond substituents is 1. The number of benzene rings is 3. The number of hydrogen-bond acceptors (Lipinski definition) is 4. The van der Waals surface area contributed by atoms with Crippen LogP contribution in [0.1, 0.15) is 89.5 Å². The molecule has 0 aromatic heterocycles. The maximum atomic E-state index is 11.6. The lowest BCUT2D eigenvalue weighted by Crippen LogP contribution is -2.45. The monoisotopic (exact) mass is 588 g/mol. The second-order valence-electron chi connectivity index (χ2n) is 13.0. The van der Waals surface area contributed by atoms with Gasteiger partial charge in [0.05, 0.1) is 6.61 Å². The van der Waals surface area contributed by atoms with Crippen LogP contribution in [-0.4, -0.2) is 63.4 Å². The highest BCUT2D eigenvalue weighted by atomic mass is 16.5. The standard InChI is InChI=1S/C37H52N2O4/c1-27(2)38(28(3)4)23-22-33(31-13-9-8-10-14-31)34-26-30(17-20-35(34)40)12-11-25-43-32-18-15-29(16-19-32)21-24-39(36(41)42)37(5,6)7/h8-10,13-20,26-28,33,40H,11-12,21-25H2,1-7H3,(H,41,42). The Labute approximate surface area is 259 Å². The summed E-state index contributed by atoms with van der Waals surface area (Å²) in [7, 11) is 0. The number of nitrogens with zero attached hydrogens (tertiary/aromatic N) is 2. The van der Waals surface area contributed by atoms with Crippen molar-refractivity contribution in [3.05, 3.63) is 95.1 Å². The summed E-state index contributed by atoms with van der Waals surface area (Å²) in [6.45, 7) is 16.7. The minimum Gasteiger partial charge on any atom is -0.508 e. The summed E-state index contributed by atoms with van der Waals surface area (Å²) in [6, 6.07) is 25.4. The SMILES string of the molecule is CC(C)N(CCC(c1ccccc1)c1cc(CCCOc2ccc(CCN(C(=O)O)C(C)(C)C)cc2)ccc1O)C(C)C. The number of carbonyl (C=O) groups is 1. The fourth-order valence-corrected chi connectivity index (χ4v) is 5.79. The first kappa shape index (κ1) is 34.0. The molecule has 0 heterocycles. The second-order valence-corrected chi connectivity index (χ2v) is 13.0. The van der Waals surface area contributed by atoms with Crippen molar-refractivity contribution in [3.63, 3.8) is 0 Å². The van der Waals surface area contributed by atoms with Crippen molar-refractivity contribution in [3.8, 4) is 11.5 Å². The van der Waals surface area contributed by atoms with Crippen LogP contribution in [0.25, 0.3) is 0 Å². The molecule has 0 saturated heterocycles. The van der Waals surface area contributed by atoms with Crippen LogP contribution >= 0.6 is 0 Å². The molecule has 0 bridgehead atoms. The first-order valence-electron chi connectivity index (χ1n) is 15.7. The van der Waals surface area contributed by atoms with Crippen LogP contribution in [0.4, 0.5) is 4.79 Å². The van der Waals surface area contributed by atoms with Gasteiger partial charge >= 0.3 is 6.09 Å². The van der Waals surface area contributed by atoms with Gasteiger partial charge in [0.25, 0.3) is 0 Å². The quantitative estimate of drug-likeness (QED) is 0.175. The average Bonchev–Trinajstić information content (AvgIpc) is 2.94. The van der Waals surface area contributed by atoms with E-state index < -0.39 is 11.6 Å². The number of phenols is 1. The van der Waals surface area contributed by atoms with Gasteiger partial charge in [-0.15, -0.1) is 0 Å². The summed E-state index contributed by atoms with van der Waals surface area (Å²) >= 11 is 0. The van der Waals surface area contributed by atoms with Gasteiger partial charge in [-0.2, -0.15) is 0 Å². The summed E-state index contributed by atoms with van der Waals surface area (Å²) < 4.78 is 6.02. The van der Waals surface area contributed by atoms with E-state index in [1.165, 1.54) is 16.0 Å². The molecule has 0 radical (unpaired) electrons. The molecule has 2 N–H and O–H groups in total. The first-order chi connectivity index (χ1) is 20.4. The van der Waals surface area contributed by atoms with Gasteiger partial charge in [-0.05, 0) is 116 Å². The predicted molar refractivity (Wildman–Crippen MR) is 176 cm³/mol. The van der Waals surface area contributed by atoms with E-state index >= 15 is 0 Å². The van der Waals surface area contributed by atoms with Gasteiger partial charge in [0.15, 0.2) is 0 Å². The van der Waals surface area contributed by atoms with Crippen LogP contribution in [-0.2, 0) is 12.8 Å². The lowest BCUT2D eigenvalue weighted by Gasteiger charge is -2.33. The highest BCUT2D eigenvalue weighted by Gasteiger charge is 2.25. The smallest absolute Gasteiger partial charge is 0.407 e. The Bertz CT molecular complexity index is 1260. The number of rotatable bonds is 15. The van der Waals surface area contributed by atoms with Crippen LogP contribution in [0.5, 0.6) is 11.5 Å². The molecular formula is C37H52N2O4. The number of aromatic hydroxyl groups is 1. The van der Waals surface area contributed by atoms with Gasteiger partial charge in [0.2, 0.25) is 0 Å². The van der Waals surface area contributed by atoms with Crippen LogP contribution in [0.3, 0.4) is 0 Å². The van der Waals surface area contributed by atoms with E-state index in [9.17, 15) is 15.0 Å². The molecule has 1 amide bonds. The maximum Gasteiger partial charge on any atom is 0.407 e. The molecule has 3 aromatic carbocycles. The molecule has 0 spiro atoms. The zero-order valence-corrected chi connectivity index (χ0v) is 27.2. The lowest BCUT2D eigenvalue weighted by molar-refractivity contribution is 0.101. The molecule has 6 heteroatoms. The predicted octanol–water partition coefficient (Wildman–Crippen LogP) is 8.37. The fraction of sp³-hybridized carbons (Fsp3) is 0.486. The van der Waals surface area contributed by atoms with Gasteiger partial charge in [-0.3, -0.25) is 4.90 Å². The molecule has 1 unspecified atom stereocenters. The van der Waals surface area contributed by atoms with Gasteiger partial charge in [0, 0.05) is 35.6 Å². The molecule has 3 aromatic rings. The van der Waals surface area contributed by atoms with E-state index in [4.69, 9.17) is 4.74 Å². The number of amides is 1. The minimum absolute atomic E-state index is 0.113. The van der Waals surface area contributed by atoms with E-state index in [2.05, 4.69) is 62.9 Å². The molecule has 0 aliphatic carbocycles. The number of ether oxygens (including phenoxy) is 1. The van der Waals surface area contributed by atoms with Crippen molar-refractivity contribution in [2.75, 3.05) is 19.7 Å². The van der Waals surface area contributed by atoms with Gasteiger partial charge in [0.1, 0.15) is 11.5 Å². The number of carboxylic acid groups (broad SMARTS) is 1. The van der Waals surface area contributed by atoms with Gasteiger partial charge in [-0.1, -0.05) is 54.6 Å². The molecule has 0 fully saturated rings. The topological polar surface area (TPSA) is 73.2 Å². The van der Waals surface area contributed by atoms with Crippen molar-refractivity contribution < 1.29 is 19.7 Å².